The number of methoxy groups -OCH3 is 1. The summed E-state index contributed by atoms with van der Waals surface area (Å²) < 4.78 is 38.9. The molecule has 7 N–H and O–H groups in total. The maximum absolute atomic E-state index is 14.0. The lowest BCUT2D eigenvalue weighted by molar-refractivity contribution is -0.118. The number of nitrogens with zero attached hydrogens (tertiary/aromatic N) is 1. The minimum atomic E-state index is -3.97. The highest BCUT2D eigenvalue weighted by Crippen LogP contribution is 2.41. The van der Waals surface area contributed by atoms with Crippen LogP contribution >= 0.6 is 0 Å². The Morgan fingerprint density at radius 3 is 2.44 bits per heavy atom. The SMILES string of the molecule is COc1cccc(Nc2c(C(N)=O)cnc3c(C)cc(S(=O)(=O)c4ccc(-c5ccc(CCCCCNCC(O)c6ccc(O)c7c6OCC(=O)N7)cc5)cc4)cc23)c1. The summed E-state index contributed by atoms with van der Waals surface area (Å²) in [6, 6.07) is 28.3. The molecule has 0 saturated carbocycles. The molecule has 6 aromatic rings. The molecule has 0 radical (unpaired) electrons. The lowest BCUT2D eigenvalue weighted by atomic mass is 10.0. The van der Waals surface area contributed by atoms with Crippen LogP contribution in [0.5, 0.6) is 17.2 Å². The van der Waals surface area contributed by atoms with Crippen molar-refractivity contribution >= 4 is 49.6 Å². The first-order valence-corrected chi connectivity index (χ1v) is 20.7. The van der Waals surface area contributed by atoms with Gasteiger partial charge in [-0.25, -0.2) is 8.42 Å². The van der Waals surface area contributed by atoms with Gasteiger partial charge in [-0.1, -0.05) is 48.9 Å². The fourth-order valence-corrected chi connectivity index (χ4v) is 8.51. The van der Waals surface area contributed by atoms with E-state index in [1.807, 2.05) is 12.1 Å². The fourth-order valence-electron chi connectivity index (χ4n) is 7.14. The van der Waals surface area contributed by atoms with Gasteiger partial charge in [-0.05, 0) is 104 Å². The number of unbranched alkanes of at least 4 members (excludes halogenated alkanes) is 2. The van der Waals surface area contributed by atoms with E-state index in [0.29, 0.717) is 45.7 Å². The number of carbonyl (C=O) groups excluding carboxylic acids is 2. The first-order valence-electron chi connectivity index (χ1n) is 19.2. The number of aromatic hydroxyl groups is 1. The number of fused-ring (bicyclic) bond motifs is 2. The number of hydrogen-bond donors (Lipinski definition) is 6. The van der Waals surface area contributed by atoms with E-state index >= 15 is 0 Å². The van der Waals surface area contributed by atoms with E-state index in [1.54, 1.807) is 74.7 Å². The Hall–Kier alpha value is -6.48. The minimum Gasteiger partial charge on any atom is -0.506 e. The molecule has 13 nitrogen and oxygen atoms in total. The molecular formula is C45H45N5O8S. The number of nitrogens with two attached hydrogens (primary N) is 1. The monoisotopic (exact) mass is 815 g/mol. The van der Waals surface area contributed by atoms with Crippen LogP contribution in [0, 0.1) is 6.92 Å². The second kappa shape index (κ2) is 17.6. The Labute approximate surface area is 342 Å². The first kappa shape index (κ1) is 40.7. The number of nitrogens with one attached hydrogen (secondary N) is 3. The number of phenols is 1. The number of aryl methyl sites for hydroxylation is 2. The quantitative estimate of drug-likeness (QED) is 0.0435. The molecule has 1 unspecified atom stereocenters. The van der Waals surface area contributed by atoms with Crippen LogP contribution in [0.1, 0.15) is 52.4 Å². The Bertz CT molecular complexity index is 2630. The number of ether oxygens (including phenoxy) is 2. The summed E-state index contributed by atoms with van der Waals surface area (Å²) in [5.74, 6) is -0.291. The molecule has 2 amide bonds. The highest BCUT2D eigenvalue weighted by Gasteiger charge is 2.26. The molecule has 304 valence electrons. The topological polar surface area (TPSA) is 202 Å². The summed E-state index contributed by atoms with van der Waals surface area (Å²) in [5, 5.41) is 30.3. The molecule has 0 aliphatic carbocycles. The minimum absolute atomic E-state index is 0.0601. The van der Waals surface area contributed by atoms with E-state index in [9.17, 15) is 28.2 Å². The maximum atomic E-state index is 14.0. The molecule has 2 heterocycles. The van der Waals surface area contributed by atoms with Gasteiger partial charge in [-0.15, -0.1) is 0 Å². The van der Waals surface area contributed by atoms with Crippen LogP contribution in [-0.2, 0) is 21.1 Å². The fraction of sp³-hybridized carbons (Fsp3) is 0.222. The van der Waals surface area contributed by atoms with Crippen molar-refractivity contribution in [2.24, 2.45) is 5.73 Å². The standard InChI is InChI=1S/C45H45N5O8S/c1-27-21-34(23-36-41(27)48-24-37(45(46)54)42(36)49-31-8-6-9-32(22-31)57-2)59(55,56)33-16-14-30(15-17-33)29-12-10-28(11-13-29)7-4-3-5-20-47-25-39(52)35-18-19-38(51)43-44(35)58-26-40(53)50-43/h6,8-19,21-24,39,47,51-52H,3-5,7,20,25-26H2,1-2H3,(H2,46,54)(H,48,49)(H,50,53). The van der Waals surface area contributed by atoms with Crippen LogP contribution in [0.4, 0.5) is 17.1 Å². The zero-order chi connectivity index (χ0) is 41.7. The molecule has 0 spiro atoms. The van der Waals surface area contributed by atoms with E-state index in [1.165, 1.54) is 23.9 Å². The van der Waals surface area contributed by atoms with E-state index in [-0.39, 0.29) is 45.1 Å². The third-order valence-corrected chi connectivity index (χ3v) is 12.0. The molecule has 1 atom stereocenters. The van der Waals surface area contributed by atoms with Gasteiger partial charge < -0.3 is 41.4 Å². The van der Waals surface area contributed by atoms with Crippen molar-refractivity contribution in [3.05, 3.63) is 126 Å². The first-order chi connectivity index (χ1) is 28.4. The number of benzene rings is 5. The van der Waals surface area contributed by atoms with Gasteiger partial charge in [-0.3, -0.25) is 14.6 Å². The average molecular weight is 816 g/mol. The number of aromatic nitrogens is 1. The Balaban J connectivity index is 0.952. The number of aliphatic hydroxyl groups is 1. The number of rotatable bonds is 16. The molecule has 14 heteroatoms. The normalized spacial score (nSPS) is 13.0. The van der Waals surface area contributed by atoms with Gasteiger partial charge in [-0.2, -0.15) is 0 Å². The lowest BCUT2D eigenvalue weighted by Gasteiger charge is -2.23. The molecule has 1 aliphatic heterocycles. The van der Waals surface area contributed by atoms with Gasteiger partial charge in [0.15, 0.2) is 12.4 Å². The average Bonchev–Trinajstić information content (AvgIpc) is 3.24. The van der Waals surface area contributed by atoms with Gasteiger partial charge >= 0.3 is 0 Å². The van der Waals surface area contributed by atoms with Gasteiger partial charge in [0.1, 0.15) is 17.2 Å². The number of phenolic OH excluding ortho intramolecular Hbond substituents is 1. The van der Waals surface area contributed by atoms with Crippen molar-refractivity contribution in [2.45, 2.75) is 48.5 Å². The number of carbonyl (C=O) groups is 2. The molecule has 0 fully saturated rings. The smallest absolute Gasteiger partial charge is 0.262 e. The summed E-state index contributed by atoms with van der Waals surface area (Å²) in [4.78, 5) is 28.8. The molecule has 59 heavy (non-hydrogen) atoms. The van der Waals surface area contributed by atoms with E-state index in [4.69, 9.17) is 15.2 Å². The van der Waals surface area contributed by atoms with Gasteiger partial charge in [0, 0.05) is 35.4 Å². The van der Waals surface area contributed by atoms with Crippen LogP contribution in [0.3, 0.4) is 0 Å². The van der Waals surface area contributed by atoms with Crippen molar-refractivity contribution in [3.8, 4) is 28.4 Å². The zero-order valence-corrected chi connectivity index (χ0v) is 33.4. The van der Waals surface area contributed by atoms with Crippen molar-refractivity contribution in [3.63, 3.8) is 0 Å². The summed E-state index contributed by atoms with van der Waals surface area (Å²) in [5.41, 5.74) is 11.7. The highest BCUT2D eigenvalue weighted by atomic mass is 32.2. The van der Waals surface area contributed by atoms with Crippen LogP contribution in [0.2, 0.25) is 0 Å². The van der Waals surface area contributed by atoms with Crippen molar-refractivity contribution in [2.75, 3.05) is 37.4 Å². The van der Waals surface area contributed by atoms with Gasteiger partial charge in [0.05, 0.1) is 39.8 Å². The van der Waals surface area contributed by atoms with Gasteiger partial charge in [0.25, 0.3) is 11.8 Å². The third kappa shape index (κ3) is 8.99. The maximum Gasteiger partial charge on any atom is 0.262 e. The van der Waals surface area contributed by atoms with Gasteiger partial charge in [0.2, 0.25) is 9.84 Å². The molecule has 0 saturated heterocycles. The van der Waals surface area contributed by atoms with Crippen LogP contribution in [0.15, 0.2) is 113 Å². The molecule has 5 aromatic carbocycles. The second-order valence-electron chi connectivity index (χ2n) is 14.4. The molecule has 7 rings (SSSR count). The Morgan fingerprint density at radius 1 is 0.966 bits per heavy atom. The number of primary amides is 1. The summed E-state index contributed by atoms with van der Waals surface area (Å²) >= 11 is 0. The van der Waals surface area contributed by atoms with Crippen LogP contribution < -0.4 is 31.2 Å². The van der Waals surface area contributed by atoms with Crippen molar-refractivity contribution in [1.82, 2.24) is 10.3 Å². The Morgan fingerprint density at radius 2 is 1.71 bits per heavy atom. The third-order valence-electron chi connectivity index (χ3n) is 10.3. The molecule has 1 aromatic heterocycles. The number of amides is 2. The van der Waals surface area contributed by atoms with E-state index in [0.717, 1.165) is 43.4 Å². The summed E-state index contributed by atoms with van der Waals surface area (Å²) in [6.45, 7) is 2.62. The van der Waals surface area contributed by atoms with Crippen LogP contribution in [-0.4, -0.2) is 62.2 Å². The summed E-state index contributed by atoms with van der Waals surface area (Å²) in [7, 11) is -2.42. The largest absolute Gasteiger partial charge is 0.506 e. The van der Waals surface area contributed by atoms with E-state index in [2.05, 4.69) is 33.1 Å². The second-order valence-corrected chi connectivity index (χ2v) is 16.3. The molecule has 0 bridgehead atoms. The Kier molecular flexibility index (Phi) is 12.1. The predicted octanol–water partition coefficient (Wildman–Crippen LogP) is 6.97. The number of sulfone groups is 1. The molecule has 1 aliphatic rings. The van der Waals surface area contributed by atoms with E-state index < -0.39 is 21.8 Å². The number of hydrogen-bond acceptors (Lipinski definition) is 11. The van der Waals surface area contributed by atoms with Crippen molar-refractivity contribution < 1.29 is 37.7 Å². The lowest BCUT2D eigenvalue weighted by Crippen LogP contribution is -2.28. The molecular weight excluding hydrogens is 771 g/mol. The number of aliphatic hydroxyl groups excluding tert-OH is 1. The number of anilines is 3. The predicted molar refractivity (Wildman–Crippen MR) is 226 cm³/mol. The highest BCUT2D eigenvalue weighted by molar-refractivity contribution is 7.91. The summed E-state index contributed by atoms with van der Waals surface area (Å²) in [6.07, 6.45) is 4.33. The van der Waals surface area contributed by atoms with Crippen molar-refractivity contribution in [1.29, 1.82) is 0 Å². The van der Waals surface area contributed by atoms with Crippen LogP contribution in [0.25, 0.3) is 22.0 Å². The zero-order valence-electron chi connectivity index (χ0n) is 32.6. The number of pyridine rings is 1.